The first-order valence-corrected chi connectivity index (χ1v) is 9.61. The van der Waals surface area contributed by atoms with Crippen molar-refractivity contribution < 1.29 is 5.11 Å². The van der Waals surface area contributed by atoms with Crippen LogP contribution in [0.25, 0.3) is 20.8 Å². The van der Waals surface area contributed by atoms with Crippen LogP contribution in [-0.4, -0.2) is 37.7 Å². The molecule has 0 aromatic carbocycles. The Morgan fingerprint density at radius 3 is 2.81 bits per heavy atom. The largest absolute Gasteiger partial charge is 0.396 e. The molecule has 4 N–H and O–H groups in total. The zero-order valence-corrected chi connectivity index (χ0v) is 15.7. The van der Waals surface area contributed by atoms with Gasteiger partial charge in [0.25, 0.3) is 0 Å². The van der Waals surface area contributed by atoms with E-state index < -0.39 is 0 Å². The van der Waals surface area contributed by atoms with Crippen molar-refractivity contribution in [1.82, 2.24) is 19.9 Å². The average Bonchev–Trinajstić information content (AvgIpc) is 3.21. The minimum Gasteiger partial charge on any atom is -0.396 e. The zero-order valence-electron chi connectivity index (χ0n) is 14.9. The number of nitrogens with zero attached hydrogens (tertiary/aromatic N) is 4. The van der Waals surface area contributed by atoms with Crippen LogP contribution >= 0.6 is 11.3 Å². The number of thiazole rings is 1. The van der Waals surface area contributed by atoms with E-state index in [9.17, 15) is 5.11 Å². The molecule has 26 heavy (non-hydrogen) atoms. The van der Waals surface area contributed by atoms with Crippen molar-refractivity contribution in [2.75, 3.05) is 17.7 Å². The van der Waals surface area contributed by atoms with E-state index >= 15 is 0 Å². The summed E-state index contributed by atoms with van der Waals surface area (Å²) in [5.74, 6) is 1.33. The number of aryl methyl sites for hydroxylation is 2. The molecule has 3 aromatic rings. The first-order chi connectivity index (χ1) is 12.5. The van der Waals surface area contributed by atoms with Gasteiger partial charge < -0.3 is 16.2 Å². The molecule has 0 amide bonds. The number of anilines is 2. The highest BCUT2D eigenvalue weighted by Gasteiger charge is 2.26. The van der Waals surface area contributed by atoms with Gasteiger partial charge in [0, 0.05) is 18.8 Å². The van der Waals surface area contributed by atoms with E-state index in [1.165, 1.54) is 0 Å². The van der Waals surface area contributed by atoms with Gasteiger partial charge >= 0.3 is 0 Å². The number of fused-ring (bicyclic) bond motifs is 1. The number of nitrogen functional groups attached to an aromatic ring is 1. The van der Waals surface area contributed by atoms with Gasteiger partial charge in [-0.05, 0) is 45.1 Å². The van der Waals surface area contributed by atoms with Gasteiger partial charge in [0.15, 0.2) is 0 Å². The molecule has 1 aliphatic carbocycles. The summed E-state index contributed by atoms with van der Waals surface area (Å²) < 4.78 is 1.09. The number of hydrogen-bond donors (Lipinski definition) is 3. The number of pyridine rings is 1. The lowest BCUT2D eigenvalue weighted by Gasteiger charge is -2.17. The molecule has 7 nitrogen and oxygen atoms in total. The van der Waals surface area contributed by atoms with E-state index in [0.29, 0.717) is 5.92 Å². The second-order valence-corrected chi connectivity index (χ2v) is 7.89. The molecule has 1 aliphatic rings. The fourth-order valence-corrected chi connectivity index (χ4v) is 4.72. The Morgan fingerprint density at radius 2 is 2.08 bits per heavy atom. The van der Waals surface area contributed by atoms with Gasteiger partial charge in [-0.25, -0.2) is 9.97 Å². The van der Waals surface area contributed by atoms with Crippen LogP contribution in [0.5, 0.6) is 0 Å². The summed E-state index contributed by atoms with van der Waals surface area (Å²) in [6.07, 6.45) is 4.77. The van der Waals surface area contributed by atoms with E-state index in [2.05, 4.69) is 20.3 Å². The molecule has 3 heterocycles. The lowest BCUT2D eigenvalue weighted by atomic mass is 10.1. The van der Waals surface area contributed by atoms with Crippen LogP contribution in [0.1, 0.15) is 30.7 Å². The van der Waals surface area contributed by atoms with Crippen molar-refractivity contribution >= 4 is 33.3 Å². The van der Waals surface area contributed by atoms with E-state index in [1.54, 1.807) is 17.5 Å². The Bertz CT molecular complexity index is 956. The van der Waals surface area contributed by atoms with Crippen molar-refractivity contribution in [3.8, 4) is 10.6 Å². The van der Waals surface area contributed by atoms with Gasteiger partial charge in [-0.2, -0.15) is 4.98 Å². The maximum Gasteiger partial charge on any atom is 0.222 e. The molecule has 4 rings (SSSR count). The molecule has 1 saturated carbocycles. The van der Waals surface area contributed by atoms with E-state index in [-0.39, 0.29) is 18.6 Å². The fraction of sp³-hybridized carbons (Fsp3) is 0.444. The minimum absolute atomic E-state index is 0.236. The van der Waals surface area contributed by atoms with Crippen molar-refractivity contribution in [2.45, 2.75) is 39.2 Å². The molecule has 0 saturated heterocycles. The van der Waals surface area contributed by atoms with Gasteiger partial charge in [0.2, 0.25) is 5.95 Å². The van der Waals surface area contributed by atoms with Crippen molar-refractivity contribution in [3.05, 3.63) is 23.7 Å². The van der Waals surface area contributed by atoms with Crippen molar-refractivity contribution in [2.24, 2.45) is 5.92 Å². The van der Waals surface area contributed by atoms with Crippen LogP contribution in [0.3, 0.4) is 0 Å². The molecule has 8 heteroatoms. The molecule has 136 valence electrons. The van der Waals surface area contributed by atoms with Crippen LogP contribution in [-0.2, 0) is 0 Å². The first kappa shape index (κ1) is 17.1. The Labute approximate surface area is 155 Å². The highest BCUT2D eigenvalue weighted by Crippen LogP contribution is 2.37. The second-order valence-electron chi connectivity index (χ2n) is 6.86. The van der Waals surface area contributed by atoms with Crippen LogP contribution in [0.4, 0.5) is 11.8 Å². The molecule has 2 unspecified atom stereocenters. The van der Waals surface area contributed by atoms with Gasteiger partial charge in [-0.1, -0.05) is 0 Å². The van der Waals surface area contributed by atoms with Crippen LogP contribution < -0.4 is 11.1 Å². The summed E-state index contributed by atoms with van der Waals surface area (Å²) in [5, 5.41) is 13.8. The molecular weight excluding hydrogens is 348 g/mol. The fourth-order valence-electron chi connectivity index (χ4n) is 3.61. The van der Waals surface area contributed by atoms with Crippen LogP contribution in [0, 0.1) is 19.8 Å². The summed E-state index contributed by atoms with van der Waals surface area (Å²) in [4.78, 5) is 17.9. The zero-order chi connectivity index (χ0) is 18.3. The third-order valence-corrected chi connectivity index (χ3v) is 5.99. The summed E-state index contributed by atoms with van der Waals surface area (Å²) in [7, 11) is 0. The normalized spacial score (nSPS) is 20.0. The average molecular weight is 370 g/mol. The van der Waals surface area contributed by atoms with Crippen LogP contribution in [0.15, 0.2) is 12.3 Å². The number of hydrogen-bond acceptors (Lipinski definition) is 8. The lowest BCUT2D eigenvalue weighted by Crippen LogP contribution is -2.19. The number of rotatable bonds is 4. The Kier molecular flexibility index (Phi) is 4.46. The molecular formula is C18H22N6OS. The highest BCUT2D eigenvalue weighted by molar-refractivity contribution is 7.21. The maximum atomic E-state index is 9.39. The van der Waals surface area contributed by atoms with E-state index in [4.69, 9.17) is 10.7 Å². The topological polar surface area (TPSA) is 110 Å². The summed E-state index contributed by atoms with van der Waals surface area (Å²) >= 11 is 1.61. The quantitative estimate of drug-likeness (QED) is 0.647. The number of nitrogens with two attached hydrogens (primary N) is 1. The monoisotopic (exact) mass is 370 g/mol. The summed E-state index contributed by atoms with van der Waals surface area (Å²) in [6, 6.07) is 2.25. The standard InChI is InChI=1S/C18H22N6OS/c1-9-14(17-23-15-10(2)20-6-5-13(15)26-17)16(24-18(19)21-9)22-12-4-3-11(7-12)8-25/h5-6,11-12,25H,3-4,7-8H2,1-2H3,(H3,19,21,22,24). The lowest BCUT2D eigenvalue weighted by molar-refractivity contribution is 0.229. The number of aliphatic hydroxyl groups is 1. The third-order valence-electron chi connectivity index (χ3n) is 4.95. The molecule has 2 atom stereocenters. The molecule has 1 fully saturated rings. The van der Waals surface area contributed by atoms with Gasteiger partial charge in [0.05, 0.1) is 21.7 Å². The predicted molar refractivity (Wildman–Crippen MR) is 104 cm³/mol. The smallest absolute Gasteiger partial charge is 0.222 e. The molecule has 0 radical (unpaired) electrons. The number of aromatic nitrogens is 4. The maximum absolute atomic E-state index is 9.39. The Morgan fingerprint density at radius 1 is 1.23 bits per heavy atom. The highest BCUT2D eigenvalue weighted by atomic mass is 32.1. The number of nitrogens with one attached hydrogen (secondary N) is 1. The molecule has 3 aromatic heterocycles. The minimum atomic E-state index is 0.236. The van der Waals surface area contributed by atoms with Crippen molar-refractivity contribution in [3.63, 3.8) is 0 Å². The van der Waals surface area contributed by atoms with Gasteiger partial charge in [-0.3, -0.25) is 4.98 Å². The van der Waals surface area contributed by atoms with Crippen molar-refractivity contribution in [1.29, 1.82) is 0 Å². The SMILES string of the molecule is Cc1nc(N)nc(NC2CCC(CO)C2)c1-c1nc2c(C)nccc2s1. The summed E-state index contributed by atoms with van der Waals surface area (Å²) in [5.41, 5.74) is 9.43. The Hall–Kier alpha value is -2.32. The van der Waals surface area contributed by atoms with Gasteiger partial charge in [0.1, 0.15) is 16.3 Å². The summed E-state index contributed by atoms with van der Waals surface area (Å²) in [6.45, 7) is 4.13. The number of aliphatic hydroxyl groups excluding tert-OH is 1. The van der Waals surface area contributed by atoms with Gasteiger partial charge in [-0.15, -0.1) is 11.3 Å². The third kappa shape index (κ3) is 3.10. The predicted octanol–water partition coefficient (Wildman–Crippen LogP) is 2.92. The first-order valence-electron chi connectivity index (χ1n) is 8.79. The van der Waals surface area contributed by atoms with E-state index in [0.717, 1.165) is 57.3 Å². The second kappa shape index (κ2) is 6.77. The Balaban J connectivity index is 1.76. The van der Waals surface area contributed by atoms with Crippen LogP contribution in [0.2, 0.25) is 0 Å². The molecule has 0 spiro atoms. The molecule has 0 aliphatic heterocycles. The van der Waals surface area contributed by atoms with E-state index in [1.807, 2.05) is 19.9 Å². The molecule has 0 bridgehead atoms.